The highest BCUT2D eigenvalue weighted by molar-refractivity contribution is 5.95. The number of benzene rings is 4. The number of hydrogen-bond acceptors (Lipinski definition) is 8. The maximum Gasteiger partial charge on any atom is 0.408 e. The van der Waals surface area contributed by atoms with Gasteiger partial charge in [0.15, 0.2) is 0 Å². The summed E-state index contributed by atoms with van der Waals surface area (Å²) >= 11 is 0. The lowest BCUT2D eigenvalue weighted by Gasteiger charge is -2.23. The van der Waals surface area contributed by atoms with Gasteiger partial charge in [-0.05, 0) is 48.1 Å². The molecular formula is C37H38N6O6. The van der Waals surface area contributed by atoms with Gasteiger partial charge in [-0.25, -0.2) is 9.59 Å². The van der Waals surface area contributed by atoms with Gasteiger partial charge in [0.25, 0.3) is 5.91 Å². The second-order valence-corrected chi connectivity index (χ2v) is 11.3. The van der Waals surface area contributed by atoms with E-state index in [9.17, 15) is 19.2 Å². The number of aromatic nitrogens is 3. The van der Waals surface area contributed by atoms with Crippen molar-refractivity contribution in [2.75, 3.05) is 6.54 Å². The molecule has 4 aromatic carbocycles. The zero-order valence-corrected chi connectivity index (χ0v) is 26.9. The fourth-order valence-corrected chi connectivity index (χ4v) is 5.11. The summed E-state index contributed by atoms with van der Waals surface area (Å²) in [5.41, 5.74) is 3.51. The van der Waals surface area contributed by atoms with Crippen LogP contribution < -0.4 is 16.0 Å². The fraction of sp³-hybridized carbons (Fsp3) is 0.243. The first-order valence-corrected chi connectivity index (χ1v) is 16.1. The Morgan fingerprint density at radius 1 is 0.633 bits per heavy atom. The predicted molar refractivity (Wildman–Crippen MR) is 182 cm³/mol. The van der Waals surface area contributed by atoms with Gasteiger partial charge < -0.3 is 25.4 Å². The third-order valence-electron chi connectivity index (χ3n) is 7.68. The van der Waals surface area contributed by atoms with Crippen LogP contribution in [-0.2, 0) is 33.9 Å². The van der Waals surface area contributed by atoms with Crippen molar-refractivity contribution in [2.24, 2.45) is 0 Å². The maximum absolute atomic E-state index is 13.9. The molecule has 0 saturated carbocycles. The van der Waals surface area contributed by atoms with Gasteiger partial charge in [0.05, 0.1) is 5.52 Å². The fourth-order valence-electron chi connectivity index (χ4n) is 5.11. The number of carbonyl (C=O) groups is 4. The largest absolute Gasteiger partial charge is 0.445 e. The number of carbonyl (C=O) groups excluding carboxylic acids is 4. The summed E-state index contributed by atoms with van der Waals surface area (Å²) in [6, 6.07) is 32.7. The molecule has 252 valence electrons. The Kier molecular flexibility index (Phi) is 12.4. The first-order valence-electron chi connectivity index (χ1n) is 16.1. The van der Waals surface area contributed by atoms with Crippen LogP contribution in [-0.4, -0.2) is 57.6 Å². The van der Waals surface area contributed by atoms with Crippen LogP contribution in [0.2, 0.25) is 0 Å². The third kappa shape index (κ3) is 10.5. The number of para-hydroxylation sites is 1. The second kappa shape index (κ2) is 17.8. The van der Waals surface area contributed by atoms with E-state index in [1.165, 1.54) is 4.68 Å². The normalized spacial score (nSPS) is 12.0. The van der Waals surface area contributed by atoms with E-state index in [1.807, 2.05) is 91.0 Å². The Balaban J connectivity index is 1.23. The molecule has 49 heavy (non-hydrogen) atoms. The molecule has 3 amide bonds. The van der Waals surface area contributed by atoms with Crippen LogP contribution >= 0.6 is 0 Å². The van der Waals surface area contributed by atoms with Gasteiger partial charge in [-0.3, -0.25) is 9.59 Å². The number of amides is 3. The predicted octanol–water partition coefficient (Wildman–Crippen LogP) is 5.19. The molecule has 0 aliphatic rings. The summed E-state index contributed by atoms with van der Waals surface area (Å²) in [4.78, 5) is 52.7. The Morgan fingerprint density at radius 3 is 1.86 bits per heavy atom. The summed E-state index contributed by atoms with van der Waals surface area (Å²) in [5.74, 6) is -1.05. The number of alkyl carbamates (subject to hydrolysis) is 2. The van der Waals surface area contributed by atoms with Crippen LogP contribution in [0.5, 0.6) is 0 Å². The van der Waals surface area contributed by atoms with Gasteiger partial charge >= 0.3 is 12.2 Å². The van der Waals surface area contributed by atoms with E-state index in [2.05, 4.69) is 26.3 Å². The molecule has 0 bridgehead atoms. The molecule has 12 heteroatoms. The standard InChI is InChI=1S/C37H38N6O6/c44-34(32(24-27-14-4-1-5-15-27)40-37(47)49-26-29-18-8-3-9-19-29)39-31(35(45)43-33-22-11-10-20-30(33)41-42-43)21-12-13-23-38-36(46)48-25-28-16-6-2-7-17-28/h1-11,14-20,22,31-32H,12-13,21,23-26H2,(H,38,46)(H,39,44)(H,40,47)/t31-,32-/m0/s1. The molecule has 0 saturated heterocycles. The van der Waals surface area contributed by atoms with Gasteiger partial charge in [0.2, 0.25) is 5.91 Å². The molecule has 5 aromatic rings. The summed E-state index contributed by atoms with van der Waals surface area (Å²) in [5, 5.41) is 16.4. The lowest BCUT2D eigenvalue weighted by Crippen LogP contribution is -2.53. The molecule has 0 radical (unpaired) electrons. The van der Waals surface area contributed by atoms with E-state index in [1.54, 1.807) is 24.3 Å². The van der Waals surface area contributed by atoms with Crippen molar-refractivity contribution >= 4 is 35.0 Å². The molecule has 0 fully saturated rings. The van der Waals surface area contributed by atoms with Crippen LogP contribution in [0, 0.1) is 0 Å². The zero-order chi connectivity index (χ0) is 34.3. The number of fused-ring (bicyclic) bond motifs is 1. The van der Waals surface area contributed by atoms with Crippen molar-refractivity contribution in [1.29, 1.82) is 0 Å². The van der Waals surface area contributed by atoms with Crippen LogP contribution in [0.25, 0.3) is 11.0 Å². The highest BCUT2D eigenvalue weighted by Crippen LogP contribution is 2.14. The minimum atomic E-state index is -1.05. The molecule has 2 atom stereocenters. The van der Waals surface area contributed by atoms with Crippen LogP contribution in [0.3, 0.4) is 0 Å². The first kappa shape index (κ1) is 34.3. The molecular weight excluding hydrogens is 624 g/mol. The van der Waals surface area contributed by atoms with Crippen molar-refractivity contribution in [3.63, 3.8) is 0 Å². The zero-order valence-electron chi connectivity index (χ0n) is 26.9. The van der Waals surface area contributed by atoms with Gasteiger partial charge in [-0.1, -0.05) is 108 Å². The highest BCUT2D eigenvalue weighted by atomic mass is 16.6. The van der Waals surface area contributed by atoms with Crippen LogP contribution in [0.15, 0.2) is 115 Å². The second-order valence-electron chi connectivity index (χ2n) is 11.3. The first-order chi connectivity index (χ1) is 24.0. The minimum Gasteiger partial charge on any atom is -0.445 e. The van der Waals surface area contributed by atoms with E-state index >= 15 is 0 Å². The topological polar surface area (TPSA) is 154 Å². The van der Waals surface area contributed by atoms with Crippen molar-refractivity contribution < 1.29 is 28.7 Å². The Bertz CT molecular complexity index is 1820. The van der Waals surface area contributed by atoms with Gasteiger partial charge in [-0.2, -0.15) is 4.68 Å². The van der Waals surface area contributed by atoms with Crippen LogP contribution in [0.1, 0.15) is 40.7 Å². The maximum atomic E-state index is 13.9. The van der Waals surface area contributed by atoms with E-state index in [0.717, 1.165) is 16.7 Å². The third-order valence-corrected chi connectivity index (χ3v) is 7.68. The lowest BCUT2D eigenvalue weighted by atomic mass is 10.0. The number of nitrogens with one attached hydrogen (secondary N) is 3. The number of rotatable bonds is 15. The van der Waals surface area contributed by atoms with E-state index in [0.29, 0.717) is 30.4 Å². The molecule has 0 aliphatic heterocycles. The summed E-state index contributed by atoms with van der Waals surface area (Å²) < 4.78 is 11.8. The molecule has 0 spiro atoms. The number of nitrogens with zero attached hydrogens (tertiary/aromatic N) is 3. The van der Waals surface area contributed by atoms with Gasteiger partial charge in [0.1, 0.15) is 30.8 Å². The molecule has 3 N–H and O–H groups in total. The molecule has 12 nitrogen and oxygen atoms in total. The van der Waals surface area contributed by atoms with Crippen molar-refractivity contribution in [3.05, 3.63) is 132 Å². The Morgan fingerprint density at radius 2 is 1.20 bits per heavy atom. The van der Waals surface area contributed by atoms with E-state index in [-0.39, 0.29) is 26.1 Å². The average molecular weight is 663 g/mol. The summed E-state index contributed by atoms with van der Waals surface area (Å²) in [6.07, 6.45) is 0.0577. The smallest absolute Gasteiger partial charge is 0.408 e. The highest BCUT2D eigenvalue weighted by Gasteiger charge is 2.29. The van der Waals surface area contributed by atoms with Gasteiger partial charge in [-0.15, -0.1) is 5.10 Å². The van der Waals surface area contributed by atoms with E-state index in [4.69, 9.17) is 9.47 Å². The quantitative estimate of drug-likeness (QED) is 0.130. The summed E-state index contributed by atoms with van der Waals surface area (Å²) in [7, 11) is 0. The summed E-state index contributed by atoms with van der Waals surface area (Å²) in [6.45, 7) is 0.486. The monoisotopic (exact) mass is 662 g/mol. The minimum absolute atomic E-state index is 0.0284. The molecule has 0 aliphatic carbocycles. The number of unbranched alkanes of at least 4 members (excludes halogenated alkanes) is 1. The molecule has 0 unspecified atom stereocenters. The number of hydrogen-bond donors (Lipinski definition) is 3. The SMILES string of the molecule is O=C(NCCCC[C@H](NC(=O)[C@H](Cc1ccccc1)NC(=O)OCc1ccccc1)C(=O)n1nnc2ccccc21)OCc1ccccc1. The van der Waals surface area contributed by atoms with Crippen molar-refractivity contribution in [1.82, 2.24) is 30.9 Å². The number of ether oxygens (including phenoxy) is 2. The average Bonchev–Trinajstić information content (AvgIpc) is 3.57. The van der Waals surface area contributed by atoms with Gasteiger partial charge in [0, 0.05) is 13.0 Å². The molecule has 1 aromatic heterocycles. The van der Waals surface area contributed by atoms with E-state index < -0.39 is 36.1 Å². The lowest BCUT2D eigenvalue weighted by molar-refractivity contribution is -0.123. The molecule has 5 rings (SSSR count). The van der Waals surface area contributed by atoms with Crippen LogP contribution in [0.4, 0.5) is 9.59 Å². The molecule has 1 heterocycles. The Labute approximate surface area is 283 Å². The van der Waals surface area contributed by atoms with Crippen molar-refractivity contribution in [3.8, 4) is 0 Å². The Hall–Kier alpha value is -6.04. The van der Waals surface area contributed by atoms with Crippen molar-refractivity contribution in [2.45, 2.75) is 51.0 Å².